The third-order valence-corrected chi connectivity index (χ3v) is 3.08. The fourth-order valence-electron chi connectivity index (χ4n) is 1.71. The molecule has 4 heteroatoms. The highest BCUT2D eigenvalue weighted by Gasteiger charge is 2.07. The van der Waals surface area contributed by atoms with E-state index in [4.69, 9.17) is 17.0 Å². The molecule has 0 saturated heterocycles. The average molecular weight is 275 g/mol. The molecule has 0 aliphatic heterocycles. The second kappa shape index (κ2) is 6.29. The van der Waals surface area contributed by atoms with E-state index in [2.05, 4.69) is 5.32 Å². The molecule has 0 unspecified atom stereocenters. The molecule has 0 aliphatic carbocycles. The molecule has 0 amide bonds. The molecule has 0 aromatic heterocycles. The van der Waals surface area contributed by atoms with Gasteiger partial charge < -0.3 is 10.1 Å². The molecule has 2 aromatic carbocycles. The molecule has 0 bridgehead atoms. The van der Waals surface area contributed by atoms with Gasteiger partial charge in [0, 0.05) is 6.54 Å². The Bertz CT molecular complexity index is 569. The van der Waals surface area contributed by atoms with Crippen LogP contribution in [0.4, 0.5) is 4.39 Å². The molecule has 0 saturated carbocycles. The van der Waals surface area contributed by atoms with Crippen LogP contribution >= 0.6 is 12.2 Å². The fourth-order valence-corrected chi connectivity index (χ4v) is 1.95. The third-order valence-electron chi connectivity index (χ3n) is 2.72. The van der Waals surface area contributed by atoms with Crippen molar-refractivity contribution in [3.8, 4) is 5.75 Å². The van der Waals surface area contributed by atoms with Gasteiger partial charge in [0.05, 0.1) is 12.7 Å². The summed E-state index contributed by atoms with van der Waals surface area (Å²) >= 11 is 5.33. The summed E-state index contributed by atoms with van der Waals surface area (Å²) in [7, 11) is 1.61. The van der Waals surface area contributed by atoms with Crippen LogP contribution in [0.3, 0.4) is 0 Å². The Morgan fingerprint density at radius 1 is 1.16 bits per heavy atom. The van der Waals surface area contributed by atoms with Crippen LogP contribution < -0.4 is 10.1 Å². The van der Waals surface area contributed by atoms with Crippen molar-refractivity contribution in [1.82, 2.24) is 5.32 Å². The summed E-state index contributed by atoms with van der Waals surface area (Å²) in [6.45, 7) is 0.553. The zero-order valence-corrected chi connectivity index (χ0v) is 11.3. The van der Waals surface area contributed by atoms with Gasteiger partial charge in [0.25, 0.3) is 0 Å². The van der Waals surface area contributed by atoms with E-state index in [1.807, 2.05) is 24.3 Å². The Hall–Kier alpha value is -1.94. The molecule has 0 aliphatic rings. The van der Waals surface area contributed by atoms with Gasteiger partial charge in [-0.15, -0.1) is 0 Å². The first-order valence-electron chi connectivity index (χ1n) is 5.86. The third kappa shape index (κ3) is 3.51. The van der Waals surface area contributed by atoms with Gasteiger partial charge in [-0.1, -0.05) is 36.5 Å². The van der Waals surface area contributed by atoms with Crippen LogP contribution in [0.2, 0.25) is 0 Å². The maximum atomic E-state index is 12.8. The highest BCUT2D eigenvalue weighted by atomic mass is 32.1. The molecule has 19 heavy (non-hydrogen) atoms. The standard InChI is InChI=1S/C15H14FNOS/c1-18-14-5-3-2-4-13(14)15(19)17-10-11-6-8-12(16)9-7-11/h2-9H,10H2,1H3,(H,17,19). The molecule has 1 N–H and O–H groups in total. The summed E-state index contributed by atoms with van der Waals surface area (Å²) in [5.41, 5.74) is 1.82. The van der Waals surface area contributed by atoms with Crippen LogP contribution in [0.5, 0.6) is 5.75 Å². The predicted octanol–water partition coefficient (Wildman–Crippen LogP) is 3.30. The van der Waals surface area contributed by atoms with Gasteiger partial charge in [-0.05, 0) is 29.8 Å². The maximum Gasteiger partial charge on any atom is 0.129 e. The lowest BCUT2D eigenvalue weighted by molar-refractivity contribution is 0.414. The van der Waals surface area contributed by atoms with Crippen LogP contribution in [0, 0.1) is 5.82 Å². The number of hydrogen-bond acceptors (Lipinski definition) is 2. The van der Waals surface area contributed by atoms with Crippen molar-refractivity contribution in [1.29, 1.82) is 0 Å². The number of hydrogen-bond donors (Lipinski definition) is 1. The summed E-state index contributed by atoms with van der Waals surface area (Å²) in [6, 6.07) is 13.9. The van der Waals surface area contributed by atoms with Crippen molar-refractivity contribution < 1.29 is 9.13 Å². The van der Waals surface area contributed by atoms with Gasteiger partial charge in [-0.3, -0.25) is 0 Å². The minimum atomic E-state index is -0.240. The smallest absolute Gasteiger partial charge is 0.129 e. The quantitative estimate of drug-likeness (QED) is 0.865. The maximum absolute atomic E-state index is 12.8. The molecule has 0 radical (unpaired) electrons. The zero-order valence-electron chi connectivity index (χ0n) is 10.5. The predicted molar refractivity (Wildman–Crippen MR) is 77.9 cm³/mol. The highest BCUT2D eigenvalue weighted by molar-refractivity contribution is 7.80. The number of thiocarbonyl (C=S) groups is 1. The van der Waals surface area contributed by atoms with Crippen molar-refractivity contribution in [2.75, 3.05) is 7.11 Å². The SMILES string of the molecule is COc1ccccc1C(=S)NCc1ccc(F)cc1. The van der Waals surface area contributed by atoms with E-state index in [0.717, 1.165) is 16.9 Å². The molecular weight excluding hydrogens is 261 g/mol. The van der Waals surface area contributed by atoms with Crippen LogP contribution in [0.15, 0.2) is 48.5 Å². The molecule has 2 rings (SSSR count). The Balaban J connectivity index is 2.03. The van der Waals surface area contributed by atoms with E-state index in [-0.39, 0.29) is 5.82 Å². The van der Waals surface area contributed by atoms with E-state index in [0.29, 0.717) is 11.5 Å². The van der Waals surface area contributed by atoms with E-state index in [1.165, 1.54) is 12.1 Å². The molecule has 2 aromatic rings. The minimum Gasteiger partial charge on any atom is -0.496 e. The summed E-state index contributed by atoms with van der Waals surface area (Å²) in [4.78, 5) is 0.613. The Morgan fingerprint density at radius 3 is 2.53 bits per heavy atom. The molecule has 98 valence electrons. The second-order valence-electron chi connectivity index (χ2n) is 4.01. The number of rotatable bonds is 4. The second-order valence-corrected chi connectivity index (χ2v) is 4.42. The van der Waals surface area contributed by atoms with Gasteiger partial charge >= 0.3 is 0 Å². The number of halogens is 1. The van der Waals surface area contributed by atoms with E-state index < -0.39 is 0 Å². The van der Waals surface area contributed by atoms with Crippen molar-refractivity contribution in [3.05, 3.63) is 65.5 Å². The summed E-state index contributed by atoms with van der Waals surface area (Å²) < 4.78 is 18.0. The Morgan fingerprint density at radius 2 is 1.84 bits per heavy atom. The number of benzene rings is 2. The number of ether oxygens (including phenoxy) is 1. The van der Waals surface area contributed by atoms with Crippen LogP contribution in [-0.2, 0) is 6.54 Å². The first-order chi connectivity index (χ1) is 9.20. The molecule has 0 spiro atoms. The average Bonchev–Trinajstić information content (AvgIpc) is 2.46. The van der Waals surface area contributed by atoms with Crippen LogP contribution in [0.1, 0.15) is 11.1 Å². The van der Waals surface area contributed by atoms with Gasteiger partial charge in [-0.25, -0.2) is 4.39 Å². The summed E-state index contributed by atoms with van der Waals surface area (Å²) in [5.74, 6) is 0.496. The first-order valence-corrected chi connectivity index (χ1v) is 6.27. The Kier molecular flexibility index (Phi) is 4.47. The zero-order chi connectivity index (χ0) is 13.7. The van der Waals surface area contributed by atoms with Gasteiger partial charge in [0.2, 0.25) is 0 Å². The highest BCUT2D eigenvalue weighted by Crippen LogP contribution is 2.17. The van der Waals surface area contributed by atoms with Crippen LogP contribution in [-0.4, -0.2) is 12.1 Å². The van der Waals surface area contributed by atoms with Crippen LogP contribution in [0.25, 0.3) is 0 Å². The molecule has 0 atom stereocenters. The topological polar surface area (TPSA) is 21.3 Å². The molecule has 0 heterocycles. The van der Waals surface area contributed by atoms with Crippen molar-refractivity contribution in [2.45, 2.75) is 6.54 Å². The number of nitrogens with one attached hydrogen (secondary N) is 1. The lowest BCUT2D eigenvalue weighted by Crippen LogP contribution is -2.22. The van der Waals surface area contributed by atoms with E-state index >= 15 is 0 Å². The van der Waals surface area contributed by atoms with Gasteiger partial charge in [-0.2, -0.15) is 0 Å². The molecular formula is C15H14FNOS. The summed E-state index contributed by atoms with van der Waals surface area (Å²) in [6.07, 6.45) is 0. The fraction of sp³-hybridized carbons (Fsp3) is 0.133. The molecule has 0 fully saturated rings. The van der Waals surface area contributed by atoms with Crippen molar-refractivity contribution >= 4 is 17.2 Å². The first kappa shape index (κ1) is 13.5. The van der Waals surface area contributed by atoms with Gasteiger partial charge in [0.15, 0.2) is 0 Å². The lowest BCUT2D eigenvalue weighted by atomic mass is 10.2. The number of methoxy groups -OCH3 is 1. The van der Waals surface area contributed by atoms with E-state index in [9.17, 15) is 4.39 Å². The molecule has 2 nitrogen and oxygen atoms in total. The number of para-hydroxylation sites is 1. The van der Waals surface area contributed by atoms with Gasteiger partial charge in [0.1, 0.15) is 16.6 Å². The van der Waals surface area contributed by atoms with Crippen molar-refractivity contribution in [3.63, 3.8) is 0 Å². The monoisotopic (exact) mass is 275 g/mol. The van der Waals surface area contributed by atoms with E-state index in [1.54, 1.807) is 19.2 Å². The minimum absolute atomic E-state index is 0.240. The lowest BCUT2D eigenvalue weighted by Gasteiger charge is -2.11. The van der Waals surface area contributed by atoms with Crippen molar-refractivity contribution in [2.24, 2.45) is 0 Å². The summed E-state index contributed by atoms with van der Waals surface area (Å²) in [5, 5.41) is 3.14. The normalized spacial score (nSPS) is 10.0. The largest absolute Gasteiger partial charge is 0.496 e. The Labute approximate surface area is 117 Å².